The summed E-state index contributed by atoms with van der Waals surface area (Å²) in [4.78, 5) is 29.2. The molecule has 29 heavy (non-hydrogen) atoms. The Morgan fingerprint density at radius 1 is 1.21 bits per heavy atom. The van der Waals surface area contributed by atoms with E-state index in [0.717, 1.165) is 16.6 Å². The van der Waals surface area contributed by atoms with Gasteiger partial charge in [0.15, 0.2) is 0 Å². The molecule has 1 aliphatic rings. The first kappa shape index (κ1) is 21.3. The second-order valence-corrected chi connectivity index (χ2v) is 8.42. The van der Waals surface area contributed by atoms with Crippen molar-refractivity contribution in [3.63, 3.8) is 0 Å². The summed E-state index contributed by atoms with van der Waals surface area (Å²) in [5, 5.41) is 11.0. The Hall–Kier alpha value is -2.38. The van der Waals surface area contributed by atoms with Gasteiger partial charge < -0.3 is 19.3 Å². The predicted molar refractivity (Wildman–Crippen MR) is 115 cm³/mol. The standard InChI is InChI=1S/C22H25BrN2O4/c1-13-12-15(7-8-16(13)23)20(26)18-19(17-9-6-14(2)29-17)25(22(28)21(18)27)11-5-10-24(3)4/h6-9,12,19,26H,5,10-11H2,1-4H3/b20-18-. The van der Waals surface area contributed by atoms with Crippen LogP contribution in [0.4, 0.5) is 0 Å². The maximum atomic E-state index is 12.9. The summed E-state index contributed by atoms with van der Waals surface area (Å²) in [6, 6.07) is 8.11. The van der Waals surface area contributed by atoms with E-state index in [0.29, 0.717) is 30.0 Å². The zero-order valence-corrected chi connectivity index (χ0v) is 18.6. The molecule has 0 radical (unpaired) electrons. The van der Waals surface area contributed by atoms with Gasteiger partial charge in [-0.2, -0.15) is 0 Å². The summed E-state index contributed by atoms with van der Waals surface area (Å²) >= 11 is 3.44. The molecule has 2 heterocycles. The number of aliphatic hydroxyl groups excluding tert-OH is 1. The molecule has 1 fully saturated rings. The average molecular weight is 461 g/mol. The quantitative estimate of drug-likeness (QED) is 0.400. The fourth-order valence-electron chi connectivity index (χ4n) is 3.51. The van der Waals surface area contributed by atoms with E-state index in [2.05, 4.69) is 15.9 Å². The maximum Gasteiger partial charge on any atom is 0.295 e. The number of furan rings is 1. The monoisotopic (exact) mass is 460 g/mol. The summed E-state index contributed by atoms with van der Waals surface area (Å²) in [5.41, 5.74) is 1.47. The Morgan fingerprint density at radius 3 is 2.52 bits per heavy atom. The number of hydrogen-bond donors (Lipinski definition) is 1. The molecule has 2 aromatic rings. The molecule has 0 aliphatic carbocycles. The highest BCUT2D eigenvalue weighted by Crippen LogP contribution is 2.40. The lowest BCUT2D eigenvalue weighted by Crippen LogP contribution is -2.32. The van der Waals surface area contributed by atoms with Crippen molar-refractivity contribution in [2.24, 2.45) is 0 Å². The average Bonchev–Trinajstić information content (AvgIpc) is 3.19. The van der Waals surface area contributed by atoms with E-state index in [4.69, 9.17) is 4.42 Å². The summed E-state index contributed by atoms with van der Waals surface area (Å²) in [5.74, 6) is -0.335. The number of aliphatic hydroxyl groups is 1. The molecule has 0 bridgehead atoms. The van der Waals surface area contributed by atoms with Crippen molar-refractivity contribution in [1.82, 2.24) is 9.80 Å². The number of rotatable bonds is 6. The first-order chi connectivity index (χ1) is 13.7. The molecule has 0 spiro atoms. The van der Waals surface area contributed by atoms with Crippen LogP contribution in [-0.4, -0.2) is 53.8 Å². The van der Waals surface area contributed by atoms with E-state index in [9.17, 15) is 14.7 Å². The molecule has 154 valence electrons. The molecule has 3 rings (SSSR count). The van der Waals surface area contributed by atoms with Crippen LogP contribution in [-0.2, 0) is 9.59 Å². The van der Waals surface area contributed by atoms with Crippen molar-refractivity contribution < 1.29 is 19.1 Å². The minimum atomic E-state index is -0.741. The third-order valence-corrected chi connectivity index (χ3v) is 5.90. The SMILES string of the molecule is Cc1ccc(C2/C(=C(/O)c3ccc(Br)c(C)c3)C(=O)C(=O)N2CCCN(C)C)o1. The minimum Gasteiger partial charge on any atom is -0.507 e. The molecular weight excluding hydrogens is 436 g/mol. The third kappa shape index (κ3) is 4.31. The van der Waals surface area contributed by atoms with Crippen molar-refractivity contribution in [1.29, 1.82) is 0 Å². The van der Waals surface area contributed by atoms with Crippen LogP contribution < -0.4 is 0 Å². The lowest BCUT2D eigenvalue weighted by Gasteiger charge is -2.24. The number of likely N-dealkylation sites (tertiary alicyclic amines) is 1. The molecule has 0 saturated carbocycles. The van der Waals surface area contributed by atoms with Crippen molar-refractivity contribution in [3.05, 3.63) is 63.0 Å². The third-order valence-electron chi connectivity index (χ3n) is 5.01. The van der Waals surface area contributed by atoms with Crippen LogP contribution in [0.2, 0.25) is 0 Å². The molecule has 7 heteroatoms. The van der Waals surface area contributed by atoms with E-state index in [1.807, 2.05) is 32.0 Å². The zero-order valence-electron chi connectivity index (χ0n) is 17.0. The van der Waals surface area contributed by atoms with E-state index >= 15 is 0 Å². The van der Waals surface area contributed by atoms with Crippen LogP contribution in [0.15, 0.2) is 44.8 Å². The van der Waals surface area contributed by atoms with Gasteiger partial charge in [-0.05, 0) is 70.7 Å². The maximum absolute atomic E-state index is 12.9. The van der Waals surface area contributed by atoms with Crippen molar-refractivity contribution in [2.45, 2.75) is 26.3 Å². The minimum absolute atomic E-state index is 0.0657. The number of hydrogen-bond acceptors (Lipinski definition) is 5. The molecule has 1 N–H and O–H groups in total. The number of amides is 1. The number of aryl methyl sites for hydroxylation is 2. The number of halogens is 1. The van der Waals surface area contributed by atoms with Gasteiger partial charge in [-0.3, -0.25) is 9.59 Å². The molecule has 1 aromatic heterocycles. The smallest absolute Gasteiger partial charge is 0.295 e. The van der Waals surface area contributed by atoms with Gasteiger partial charge in [0.1, 0.15) is 23.3 Å². The molecule has 1 unspecified atom stereocenters. The Bertz CT molecular complexity index is 977. The van der Waals surface area contributed by atoms with Crippen LogP contribution in [0, 0.1) is 13.8 Å². The van der Waals surface area contributed by atoms with Crippen molar-refractivity contribution in [3.8, 4) is 0 Å². The lowest BCUT2D eigenvalue weighted by molar-refractivity contribution is -0.140. The largest absolute Gasteiger partial charge is 0.507 e. The highest BCUT2D eigenvalue weighted by Gasteiger charge is 2.47. The van der Waals surface area contributed by atoms with Gasteiger partial charge in [0.25, 0.3) is 11.7 Å². The fourth-order valence-corrected chi connectivity index (χ4v) is 3.76. The van der Waals surface area contributed by atoms with Crippen molar-refractivity contribution >= 4 is 33.4 Å². The van der Waals surface area contributed by atoms with Gasteiger partial charge in [0.05, 0.1) is 5.57 Å². The van der Waals surface area contributed by atoms with Crippen LogP contribution >= 0.6 is 15.9 Å². The highest BCUT2D eigenvalue weighted by atomic mass is 79.9. The van der Waals surface area contributed by atoms with Gasteiger partial charge in [0, 0.05) is 16.6 Å². The molecule has 1 saturated heterocycles. The van der Waals surface area contributed by atoms with E-state index in [1.165, 1.54) is 4.90 Å². The van der Waals surface area contributed by atoms with Crippen LogP contribution in [0.5, 0.6) is 0 Å². The van der Waals surface area contributed by atoms with Gasteiger partial charge >= 0.3 is 0 Å². The van der Waals surface area contributed by atoms with E-state index < -0.39 is 17.7 Å². The number of ketones is 1. The first-order valence-electron chi connectivity index (χ1n) is 9.46. The topological polar surface area (TPSA) is 74.0 Å². The number of carbonyl (C=O) groups excluding carboxylic acids is 2. The number of Topliss-reactive ketones (excluding diaryl/α,β-unsaturated/α-hetero) is 1. The van der Waals surface area contributed by atoms with Crippen LogP contribution in [0.1, 0.15) is 35.1 Å². The molecular formula is C22H25BrN2O4. The number of nitrogens with zero attached hydrogens (tertiary/aromatic N) is 2. The second kappa shape index (κ2) is 8.55. The van der Waals surface area contributed by atoms with E-state index in [1.54, 1.807) is 31.2 Å². The normalized spacial score (nSPS) is 18.8. The molecule has 1 aromatic carbocycles. The Labute approximate surface area is 178 Å². The first-order valence-corrected chi connectivity index (χ1v) is 10.3. The second-order valence-electron chi connectivity index (χ2n) is 7.56. The molecule has 6 nitrogen and oxygen atoms in total. The summed E-state index contributed by atoms with van der Waals surface area (Å²) in [6.45, 7) is 4.87. The summed E-state index contributed by atoms with van der Waals surface area (Å²) < 4.78 is 6.67. The zero-order chi connectivity index (χ0) is 21.3. The Morgan fingerprint density at radius 2 is 1.93 bits per heavy atom. The molecule has 1 amide bonds. The fraction of sp³-hybridized carbons (Fsp3) is 0.364. The van der Waals surface area contributed by atoms with Crippen LogP contribution in [0.3, 0.4) is 0 Å². The Balaban J connectivity index is 2.08. The Kier molecular flexibility index (Phi) is 6.29. The number of benzene rings is 1. The molecule has 1 atom stereocenters. The van der Waals surface area contributed by atoms with Gasteiger partial charge in [-0.1, -0.05) is 22.0 Å². The highest BCUT2D eigenvalue weighted by molar-refractivity contribution is 9.10. The number of carbonyl (C=O) groups is 2. The van der Waals surface area contributed by atoms with Crippen LogP contribution in [0.25, 0.3) is 5.76 Å². The predicted octanol–water partition coefficient (Wildman–Crippen LogP) is 4.03. The molecule has 1 aliphatic heterocycles. The summed E-state index contributed by atoms with van der Waals surface area (Å²) in [6.07, 6.45) is 0.702. The van der Waals surface area contributed by atoms with Gasteiger partial charge in [0.2, 0.25) is 0 Å². The van der Waals surface area contributed by atoms with Gasteiger partial charge in [-0.15, -0.1) is 0 Å². The van der Waals surface area contributed by atoms with Gasteiger partial charge in [-0.25, -0.2) is 0 Å². The van der Waals surface area contributed by atoms with E-state index in [-0.39, 0.29) is 11.3 Å². The lowest BCUT2D eigenvalue weighted by atomic mass is 9.98. The summed E-state index contributed by atoms with van der Waals surface area (Å²) in [7, 11) is 3.91. The van der Waals surface area contributed by atoms with Crippen molar-refractivity contribution in [2.75, 3.05) is 27.2 Å².